The van der Waals surface area contributed by atoms with Crippen LogP contribution in [0, 0.1) is 17.0 Å². The number of nitro groups is 1. The molecule has 24 heavy (non-hydrogen) atoms. The SMILES string of the molecule is Cc1ccc(Oc2nc(Cl)ccc2-c2ccccc2)cc1[N+](=O)[O-]. The van der Waals surface area contributed by atoms with E-state index >= 15 is 0 Å². The van der Waals surface area contributed by atoms with Crippen LogP contribution in [0.5, 0.6) is 11.6 Å². The lowest BCUT2D eigenvalue weighted by Gasteiger charge is -2.11. The van der Waals surface area contributed by atoms with Crippen LogP contribution >= 0.6 is 11.6 Å². The first-order chi connectivity index (χ1) is 11.5. The summed E-state index contributed by atoms with van der Waals surface area (Å²) in [7, 11) is 0. The van der Waals surface area contributed by atoms with Crippen molar-refractivity contribution in [2.24, 2.45) is 0 Å². The highest BCUT2D eigenvalue weighted by molar-refractivity contribution is 6.29. The van der Waals surface area contributed by atoms with Crippen LogP contribution in [0.25, 0.3) is 11.1 Å². The molecule has 5 nitrogen and oxygen atoms in total. The molecule has 6 heteroatoms. The Labute approximate surface area is 143 Å². The van der Waals surface area contributed by atoms with Gasteiger partial charge in [0.25, 0.3) is 5.69 Å². The van der Waals surface area contributed by atoms with Crippen molar-refractivity contribution in [3.8, 4) is 22.8 Å². The molecule has 3 aromatic rings. The average molecular weight is 341 g/mol. The van der Waals surface area contributed by atoms with Crippen molar-refractivity contribution in [1.82, 2.24) is 4.98 Å². The zero-order chi connectivity index (χ0) is 17.1. The summed E-state index contributed by atoms with van der Waals surface area (Å²) in [6, 6.07) is 17.7. The van der Waals surface area contributed by atoms with E-state index in [0.717, 1.165) is 11.1 Å². The van der Waals surface area contributed by atoms with E-state index in [4.69, 9.17) is 16.3 Å². The van der Waals surface area contributed by atoms with Crippen LogP contribution in [0.15, 0.2) is 60.7 Å². The number of benzene rings is 2. The van der Waals surface area contributed by atoms with Gasteiger partial charge in [-0.3, -0.25) is 10.1 Å². The Morgan fingerprint density at radius 2 is 1.83 bits per heavy atom. The number of nitro benzene ring substituents is 1. The Kier molecular flexibility index (Phi) is 4.44. The first-order valence-corrected chi connectivity index (χ1v) is 7.57. The van der Waals surface area contributed by atoms with E-state index in [2.05, 4.69) is 4.98 Å². The van der Waals surface area contributed by atoms with Crippen LogP contribution in [0.4, 0.5) is 5.69 Å². The second-order valence-electron chi connectivity index (χ2n) is 5.16. The Morgan fingerprint density at radius 1 is 1.08 bits per heavy atom. The minimum absolute atomic E-state index is 0.00390. The fourth-order valence-corrected chi connectivity index (χ4v) is 2.43. The van der Waals surface area contributed by atoms with Gasteiger partial charge >= 0.3 is 0 Å². The van der Waals surface area contributed by atoms with Gasteiger partial charge < -0.3 is 4.74 Å². The van der Waals surface area contributed by atoms with Gasteiger partial charge in [0.05, 0.1) is 11.0 Å². The van der Waals surface area contributed by atoms with Crippen molar-refractivity contribution < 1.29 is 9.66 Å². The van der Waals surface area contributed by atoms with Gasteiger partial charge in [-0.1, -0.05) is 41.9 Å². The molecule has 0 aliphatic carbocycles. The molecule has 0 atom stereocenters. The lowest BCUT2D eigenvalue weighted by Crippen LogP contribution is -1.95. The quantitative estimate of drug-likeness (QED) is 0.362. The lowest BCUT2D eigenvalue weighted by molar-refractivity contribution is -0.385. The van der Waals surface area contributed by atoms with Gasteiger partial charge in [-0.15, -0.1) is 0 Å². The van der Waals surface area contributed by atoms with Crippen LogP contribution in [-0.2, 0) is 0 Å². The molecule has 0 aliphatic heterocycles. The maximum absolute atomic E-state index is 11.1. The summed E-state index contributed by atoms with van der Waals surface area (Å²) in [4.78, 5) is 14.9. The summed E-state index contributed by atoms with van der Waals surface area (Å²) in [5.74, 6) is 0.631. The van der Waals surface area contributed by atoms with E-state index in [1.165, 1.54) is 6.07 Å². The van der Waals surface area contributed by atoms with Crippen LogP contribution in [0.3, 0.4) is 0 Å². The Balaban J connectivity index is 2.03. The predicted octanol–water partition coefficient (Wildman–Crippen LogP) is 5.41. The molecule has 0 fully saturated rings. The average Bonchev–Trinajstić information content (AvgIpc) is 2.57. The molecular formula is C18H13ClN2O3. The lowest BCUT2D eigenvalue weighted by atomic mass is 10.1. The van der Waals surface area contributed by atoms with E-state index in [9.17, 15) is 10.1 Å². The summed E-state index contributed by atoms with van der Waals surface area (Å²) in [5.41, 5.74) is 2.23. The third kappa shape index (κ3) is 3.36. The minimum atomic E-state index is -0.439. The van der Waals surface area contributed by atoms with Crippen LogP contribution < -0.4 is 4.74 Å². The molecule has 1 aromatic heterocycles. The molecule has 2 aromatic carbocycles. The zero-order valence-electron chi connectivity index (χ0n) is 12.8. The van der Waals surface area contributed by atoms with E-state index in [0.29, 0.717) is 17.2 Å². The van der Waals surface area contributed by atoms with Crippen molar-refractivity contribution in [3.63, 3.8) is 0 Å². The highest BCUT2D eigenvalue weighted by atomic mass is 35.5. The van der Waals surface area contributed by atoms with Crippen molar-refractivity contribution in [1.29, 1.82) is 0 Å². The van der Waals surface area contributed by atoms with Crippen molar-refractivity contribution in [3.05, 3.63) is 81.5 Å². The molecule has 120 valence electrons. The molecule has 0 N–H and O–H groups in total. The number of hydrogen-bond acceptors (Lipinski definition) is 4. The van der Waals surface area contributed by atoms with Gasteiger partial charge in [-0.2, -0.15) is 0 Å². The number of ether oxygens (including phenoxy) is 1. The third-order valence-corrected chi connectivity index (χ3v) is 3.71. The van der Waals surface area contributed by atoms with Crippen LogP contribution in [0.1, 0.15) is 5.56 Å². The van der Waals surface area contributed by atoms with E-state index in [1.807, 2.05) is 36.4 Å². The van der Waals surface area contributed by atoms with Gasteiger partial charge in [0.15, 0.2) is 0 Å². The molecule has 0 saturated heterocycles. The van der Waals surface area contributed by atoms with Crippen LogP contribution in [-0.4, -0.2) is 9.91 Å². The molecule has 0 amide bonds. The van der Waals surface area contributed by atoms with Crippen molar-refractivity contribution >= 4 is 17.3 Å². The molecule has 0 bridgehead atoms. The number of hydrogen-bond donors (Lipinski definition) is 0. The topological polar surface area (TPSA) is 65.3 Å². The summed E-state index contributed by atoms with van der Waals surface area (Å²) in [5, 5.41) is 11.4. The molecule has 0 aliphatic rings. The maximum Gasteiger partial charge on any atom is 0.276 e. The number of pyridine rings is 1. The zero-order valence-corrected chi connectivity index (χ0v) is 13.5. The standard InChI is InChI=1S/C18H13ClN2O3/c1-12-7-8-14(11-16(12)21(22)23)24-18-15(9-10-17(19)20-18)13-5-3-2-4-6-13/h2-11H,1H3. The number of halogens is 1. The summed E-state index contributed by atoms with van der Waals surface area (Å²) >= 11 is 5.98. The number of rotatable bonds is 4. The number of aromatic nitrogens is 1. The van der Waals surface area contributed by atoms with Crippen molar-refractivity contribution in [2.75, 3.05) is 0 Å². The van der Waals surface area contributed by atoms with Gasteiger partial charge in [-0.05, 0) is 36.8 Å². The van der Waals surface area contributed by atoms with Gasteiger partial charge in [0, 0.05) is 11.1 Å². The van der Waals surface area contributed by atoms with Crippen molar-refractivity contribution in [2.45, 2.75) is 6.92 Å². The second-order valence-corrected chi connectivity index (χ2v) is 5.55. The largest absolute Gasteiger partial charge is 0.438 e. The Hall–Kier alpha value is -2.92. The first-order valence-electron chi connectivity index (χ1n) is 7.19. The Bertz CT molecular complexity index is 898. The molecule has 0 unspecified atom stereocenters. The fraction of sp³-hybridized carbons (Fsp3) is 0.0556. The predicted molar refractivity (Wildman–Crippen MR) is 92.6 cm³/mol. The Morgan fingerprint density at radius 3 is 2.54 bits per heavy atom. The summed E-state index contributed by atoms with van der Waals surface area (Å²) in [6.45, 7) is 1.68. The summed E-state index contributed by atoms with van der Waals surface area (Å²) in [6.07, 6.45) is 0. The molecule has 0 radical (unpaired) electrons. The van der Waals surface area contributed by atoms with Crippen LogP contribution in [0.2, 0.25) is 5.15 Å². The molecule has 0 saturated carbocycles. The highest BCUT2D eigenvalue weighted by Gasteiger charge is 2.15. The molecule has 0 spiro atoms. The van der Waals surface area contributed by atoms with E-state index in [1.54, 1.807) is 25.1 Å². The smallest absolute Gasteiger partial charge is 0.276 e. The first kappa shape index (κ1) is 16.0. The monoisotopic (exact) mass is 340 g/mol. The maximum atomic E-state index is 11.1. The van der Waals surface area contributed by atoms with Gasteiger partial charge in [-0.25, -0.2) is 4.98 Å². The third-order valence-electron chi connectivity index (χ3n) is 3.50. The molecule has 3 rings (SSSR count). The van der Waals surface area contributed by atoms with Gasteiger partial charge in [0.1, 0.15) is 10.9 Å². The van der Waals surface area contributed by atoms with Gasteiger partial charge in [0.2, 0.25) is 5.88 Å². The number of aryl methyl sites for hydroxylation is 1. The number of nitrogens with zero attached hydrogens (tertiary/aromatic N) is 2. The minimum Gasteiger partial charge on any atom is -0.438 e. The van der Waals surface area contributed by atoms with E-state index in [-0.39, 0.29) is 10.8 Å². The highest BCUT2D eigenvalue weighted by Crippen LogP contribution is 2.34. The molecule has 1 heterocycles. The fourth-order valence-electron chi connectivity index (χ4n) is 2.29. The normalized spacial score (nSPS) is 10.4. The van der Waals surface area contributed by atoms with E-state index < -0.39 is 4.92 Å². The summed E-state index contributed by atoms with van der Waals surface area (Å²) < 4.78 is 5.79. The second kappa shape index (κ2) is 6.68. The molecular weight excluding hydrogens is 328 g/mol.